The van der Waals surface area contributed by atoms with Gasteiger partial charge in [-0.1, -0.05) is 30.3 Å². The Balaban J connectivity index is 2.09. The van der Waals surface area contributed by atoms with Crippen LogP contribution in [0.2, 0.25) is 0 Å². The van der Waals surface area contributed by atoms with E-state index >= 15 is 0 Å². The molecule has 0 saturated heterocycles. The third kappa shape index (κ3) is 2.25. The maximum Gasteiger partial charge on any atom is 0.183 e. The first-order chi connectivity index (χ1) is 11.0. The van der Waals surface area contributed by atoms with Crippen molar-refractivity contribution >= 4 is 16.1 Å². The third-order valence-electron chi connectivity index (χ3n) is 4.20. The SMILES string of the molecule is N#C[C@]1(C=O)[C@@H](c2ccc(F)cc2)[C@@H]1S(=O)(=O)c1ccccc1. The number of hydrogen-bond donors (Lipinski definition) is 0. The Kier molecular flexibility index (Phi) is 3.53. The Bertz CT molecular complexity index is 888. The van der Waals surface area contributed by atoms with E-state index in [9.17, 15) is 22.9 Å². The molecule has 0 N–H and O–H groups in total. The minimum absolute atomic E-state index is 0.0658. The molecule has 0 heterocycles. The van der Waals surface area contributed by atoms with Gasteiger partial charge in [0, 0.05) is 5.92 Å². The molecule has 0 spiro atoms. The van der Waals surface area contributed by atoms with E-state index in [1.54, 1.807) is 18.2 Å². The summed E-state index contributed by atoms with van der Waals surface area (Å²) < 4.78 is 38.7. The molecule has 116 valence electrons. The molecule has 0 aromatic heterocycles. The van der Waals surface area contributed by atoms with E-state index in [2.05, 4.69) is 0 Å². The van der Waals surface area contributed by atoms with Crippen LogP contribution in [0.25, 0.3) is 0 Å². The highest BCUT2D eigenvalue weighted by molar-refractivity contribution is 7.92. The summed E-state index contributed by atoms with van der Waals surface area (Å²) in [7, 11) is -3.85. The fraction of sp³-hybridized carbons (Fsp3) is 0.176. The molecule has 6 heteroatoms. The van der Waals surface area contributed by atoms with Gasteiger partial charge >= 0.3 is 0 Å². The minimum atomic E-state index is -3.85. The summed E-state index contributed by atoms with van der Waals surface area (Å²) in [5, 5.41) is 8.24. The highest BCUT2D eigenvalue weighted by atomic mass is 32.2. The van der Waals surface area contributed by atoms with E-state index < -0.39 is 32.2 Å². The van der Waals surface area contributed by atoms with Crippen LogP contribution in [0.5, 0.6) is 0 Å². The van der Waals surface area contributed by atoms with Crippen LogP contribution in [0, 0.1) is 22.6 Å². The molecule has 1 fully saturated rings. The average Bonchev–Trinajstić information content (AvgIpc) is 3.27. The number of carbonyl (C=O) groups is 1. The zero-order chi connectivity index (χ0) is 16.7. The van der Waals surface area contributed by atoms with E-state index in [0.717, 1.165) is 0 Å². The Morgan fingerprint density at radius 1 is 1.09 bits per heavy atom. The van der Waals surface area contributed by atoms with E-state index in [0.29, 0.717) is 11.8 Å². The summed E-state index contributed by atoms with van der Waals surface area (Å²) in [6, 6.07) is 14.8. The molecule has 2 aromatic carbocycles. The topological polar surface area (TPSA) is 75.0 Å². The highest BCUT2D eigenvalue weighted by Gasteiger charge is 2.72. The monoisotopic (exact) mass is 329 g/mol. The van der Waals surface area contributed by atoms with Crippen molar-refractivity contribution in [2.24, 2.45) is 5.41 Å². The summed E-state index contributed by atoms with van der Waals surface area (Å²) in [5.41, 5.74) is -1.17. The molecule has 1 aliphatic carbocycles. The molecule has 0 bridgehead atoms. The molecule has 3 atom stereocenters. The predicted octanol–water partition coefficient (Wildman–Crippen LogP) is 2.47. The van der Waals surface area contributed by atoms with Gasteiger partial charge in [-0.2, -0.15) is 5.26 Å². The zero-order valence-electron chi connectivity index (χ0n) is 11.9. The molecule has 0 radical (unpaired) electrons. The number of hydrogen-bond acceptors (Lipinski definition) is 4. The summed E-state index contributed by atoms with van der Waals surface area (Å²) in [6.45, 7) is 0. The van der Waals surface area contributed by atoms with E-state index in [-0.39, 0.29) is 4.90 Å². The molecular weight excluding hydrogens is 317 g/mol. The molecule has 0 amide bonds. The smallest absolute Gasteiger partial charge is 0.183 e. The summed E-state index contributed by atoms with van der Waals surface area (Å²) in [5.74, 6) is -1.26. The standard InChI is InChI=1S/C17H12FNO3S/c18-13-8-6-12(7-9-13)15-16(17(15,10-19)11-20)23(21,22)14-4-2-1-3-5-14/h1-9,11,15-16H/t15-,16-,17-/m0/s1. The lowest BCUT2D eigenvalue weighted by atomic mass is 10.0. The second-order valence-corrected chi connectivity index (χ2v) is 7.54. The van der Waals surface area contributed by atoms with E-state index in [1.807, 2.05) is 6.07 Å². The van der Waals surface area contributed by atoms with Crippen LogP contribution in [-0.4, -0.2) is 20.0 Å². The van der Waals surface area contributed by atoms with Crippen LogP contribution in [-0.2, 0) is 14.6 Å². The maximum absolute atomic E-state index is 13.1. The van der Waals surface area contributed by atoms with Gasteiger partial charge in [0.1, 0.15) is 22.8 Å². The summed E-state index contributed by atoms with van der Waals surface area (Å²) >= 11 is 0. The largest absolute Gasteiger partial charge is 0.302 e. The van der Waals surface area contributed by atoms with E-state index in [4.69, 9.17) is 0 Å². The quantitative estimate of drug-likeness (QED) is 0.808. The lowest BCUT2D eigenvalue weighted by molar-refractivity contribution is -0.110. The van der Waals surface area contributed by atoms with Crippen LogP contribution < -0.4 is 0 Å². The Morgan fingerprint density at radius 2 is 1.70 bits per heavy atom. The van der Waals surface area contributed by atoms with Gasteiger partial charge in [0.25, 0.3) is 0 Å². The number of carbonyl (C=O) groups excluding carboxylic acids is 1. The van der Waals surface area contributed by atoms with Gasteiger partial charge in [0.2, 0.25) is 0 Å². The molecule has 4 nitrogen and oxygen atoms in total. The fourth-order valence-electron chi connectivity index (χ4n) is 2.99. The minimum Gasteiger partial charge on any atom is -0.302 e. The van der Waals surface area contributed by atoms with Crippen LogP contribution in [0.1, 0.15) is 11.5 Å². The van der Waals surface area contributed by atoms with Crippen molar-refractivity contribution < 1.29 is 17.6 Å². The molecule has 1 aliphatic rings. The highest BCUT2D eigenvalue weighted by Crippen LogP contribution is 2.62. The maximum atomic E-state index is 13.1. The zero-order valence-corrected chi connectivity index (χ0v) is 12.7. The van der Waals surface area contributed by atoms with Gasteiger partial charge in [-0.3, -0.25) is 0 Å². The first kappa shape index (κ1) is 15.4. The van der Waals surface area contributed by atoms with Gasteiger partial charge in [0.05, 0.1) is 11.0 Å². The van der Waals surface area contributed by atoms with Gasteiger partial charge in [0.15, 0.2) is 9.84 Å². The fourth-order valence-corrected chi connectivity index (χ4v) is 5.25. The predicted molar refractivity (Wildman–Crippen MR) is 80.7 cm³/mol. The molecule has 23 heavy (non-hydrogen) atoms. The molecule has 0 unspecified atom stereocenters. The second-order valence-electron chi connectivity index (χ2n) is 5.47. The van der Waals surface area contributed by atoms with Crippen molar-refractivity contribution in [2.75, 3.05) is 0 Å². The van der Waals surface area contributed by atoms with Crippen molar-refractivity contribution in [3.05, 3.63) is 66.0 Å². The van der Waals surface area contributed by atoms with Crippen LogP contribution in [0.3, 0.4) is 0 Å². The lowest BCUT2D eigenvalue weighted by Gasteiger charge is -2.03. The number of aldehydes is 1. The van der Waals surface area contributed by atoms with Crippen molar-refractivity contribution in [3.63, 3.8) is 0 Å². The number of rotatable bonds is 4. The Hall–Kier alpha value is -2.52. The second kappa shape index (κ2) is 5.28. The van der Waals surface area contributed by atoms with Gasteiger partial charge in [-0.05, 0) is 29.8 Å². The van der Waals surface area contributed by atoms with Crippen LogP contribution in [0.15, 0.2) is 59.5 Å². The molecule has 3 rings (SSSR count). The number of sulfone groups is 1. The first-order valence-corrected chi connectivity index (χ1v) is 8.44. The third-order valence-corrected chi connectivity index (χ3v) is 6.46. The van der Waals surface area contributed by atoms with E-state index in [1.165, 1.54) is 36.4 Å². The Morgan fingerprint density at radius 3 is 2.22 bits per heavy atom. The number of nitriles is 1. The van der Waals surface area contributed by atoms with Crippen molar-refractivity contribution in [2.45, 2.75) is 16.1 Å². The number of halogens is 1. The molecule has 1 saturated carbocycles. The first-order valence-electron chi connectivity index (χ1n) is 6.89. The van der Waals surface area contributed by atoms with Gasteiger partial charge in [-0.25, -0.2) is 12.8 Å². The van der Waals surface area contributed by atoms with Crippen molar-refractivity contribution in [1.29, 1.82) is 5.26 Å². The normalized spacial score (nSPS) is 26.3. The molecule has 0 aliphatic heterocycles. The summed E-state index contributed by atoms with van der Waals surface area (Å²) in [6.07, 6.45) is 0.395. The lowest BCUT2D eigenvalue weighted by Crippen LogP contribution is -2.16. The number of benzene rings is 2. The van der Waals surface area contributed by atoms with Crippen molar-refractivity contribution in [3.8, 4) is 6.07 Å². The van der Waals surface area contributed by atoms with Crippen molar-refractivity contribution in [1.82, 2.24) is 0 Å². The van der Waals surface area contributed by atoms with Crippen LogP contribution >= 0.6 is 0 Å². The average molecular weight is 329 g/mol. The van der Waals surface area contributed by atoms with Crippen LogP contribution in [0.4, 0.5) is 4.39 Å². The Labute approximate surface area is 133 Å². The molecule has 2 aromatic rings. The summed E-state index contributed by atoms with van der Waals surface area (Å²) in [4.78, 5) is 11.6. The molecular formula is C17H12FNO3S. The number of nitrogens with zero attached hydrogens (tertiary/aromatic N) is 1. The van der Waals surface area contributed by atoms with Gasteiger partial charge in [-0.15, -0.1) is 0 Å². The van der Waals surface area contributed by atoms with Gasteiger partial charge < -0.3 is 4.79 Å².